The van der Waals surface area contributed by atoms with Crippen LogP contribution in [0.1, 0.15) is 10.6 Å². The molecule has 0 atom stereocenters. The summed E-state index contributed by atoms with van der Waals surface area (Å²) in [6.45, 7) is 0. The normalized spacial score (nSPS) is 11.0. The molecule has 1 amide bonds. The fourth-order valence-electron chi connectivity index (χ4n) is 2.64. The number of carbonyl (C=O) groups is 1. The molecule has 112 valence electrons. The van der Waals surface area contributed by atoms with Gasteiger partial charge in [-0.3, -0.25) is 4.79 Å². The predicted molar refractivity (Wildman–Crippen MR) is 93.1 cm³/mol. The van der Waals surface area contributed by atoms with E-state index in [1.54, 1.807) is 24.3 Å². The van der Waals surface area contributed by atoms with E-state index in [-0.39, 0.29) is 11.7 Å². The lowest BCUT2D eigenvalue weighted by Crippen LogP contribution is -2.11. The molecule has 0 fully saturated rings. The Kier molecular flexibility index (Phi) is 3.28. The average Bonchev–Trinajstić information content (AvgIpc) is 2.98. The van der Waals surface area contributed by atoms with E-state index in [0.717, 1.165) is 21.8 Å². The number of anilines is 1. The van der Waals surface area contributed by atoms with E-state index < -0.39 is 0 Å². The van der Waals surface area contributed by atoms with Crippen molar-refractivity contribution in [1.82, 2.24) is 0 Å². The van der Waals surface area contributed by atoms with Crippen LogP contribution < -0.4 is 5.32 Å². The van der Waals surface area contributed by atoms with Crippen LogP contribution in [0.5, 0.6) is 0 Å². The lowest BCUT2D eigenvalue weighted by Gasteiger charge is -2.07. The third-order valence-corrected chi connectivity index (χ3v) is 3.98. The minimum absolute atomic E-state index is 0.259. The molecule has 4 rings (SSSR count). The van der Waals surface area contributed by atoms with Crippen LogP contribution in [0.25, 0.3) is 21.7 Å². The highest BCUT2D eigenvalue weighted by atomic mass is 35.5. The lowest BCUT2D eigenvalue weighted by molar-refractivity contribution is 0.0999. The molecule has 1 N–H and O–H groups in total. The van der Waals surface area contributed by atoms with Gasteiger partial charge < -0.3 is 9.73 Å². The minimum atomic E-state index is -0.284. The summed E-state index contributed by atoms with van der Waals surface area (Å²) in [5, 5.41) is 6.39. The molecule has 1 heterocycles. The van der Waals surface area contributed by atoms with Gasteiger partial charge in [-0.1, -0.05) is 48.0 Å². The van der Waals surface area contributed by atoms with Crippen molar-refractivity contribution in [3.05, 3.63) is 77.5 Å². The largest absolute Gasteiger partial charge is 0.451 e. The number of rotatable bonds is 2. The molecule has 4 heteroatoms. The molecule has 0 saturated carbocycles. The summed E-state index contributed by atoms with van der Waals surface area (Å²) in [4.78, 5) is 12.5. The highest BCUT2D eigenvalue weighted by Crippen LogP contribution is 2.26. The molecule has 0 aliphatic heterocycles. The second-order valence-electron chi connectivity index (χ2n) is 5.27. The highest BCUT2D eigenvalue weighted by Gasteiger charge is 2.13. The Morgan fingerprint density at radius 3 is 2.65 bits per heavy atom. The van der Waals surface area contributed by atoms with Crippen molar-refractivity contribution in [3.63, 3.8) is 0 Å². The highest BCUT2D eigenvalue weighted by molar-refractivity contribution is 6.31. The first-order valence-corrected chi connectivity index (χ1v) is 7.57. The monoisotopic (exact) mass is 321 g/mol. The van der Waals surface area contributed by atoms with E-state index in [2.05, 4.69) is 5.32 Å². The molecule has 3 nitrogen and oxygen atoms in total. The van der Waals surface area contributed by atoms with Crippen LogP contribution in [0, 0.1) is 0 Å². The van der Waals surface area contributed by atoms with Crippen molar-refractivity contribution in [2.45, 2.75) is 0 Å². The van der Waals surface area contributed by atoms with Crippen molar-refractivity contribution in [2.24, 2.45) is 0 Å². The van der Waals surface area contributed by atoms with Gasteiger partial charge in [0.25, 0.3) is 5.91 Å². The molecule has 0 aliphatic rings. The van der Waals surface area contributed by atoms with Gasteiger partial charge >= 0.3 is 0 Å². The van der Waals surface area contributed by atoms with Crippen LogP contribution in [-0.4, -0.2) is 5.91 Å². The van der Waals surface area contributed by atoms with Crippen LogP contribution in [0.4, 0.5) is 5.69 Å². The molecule has 0 bridgehead atoms. The number of fused-ring (bicyclic) bond motifs is 2. The lowest BCUT2D eigenvalue weighted by atomic mass is 10.1. The summed E-state index contributed by atoms with van der Waals surface area (Å²) in [5.41, 5.74) is 1.39. The van der Waals surface area contributed by atoms with Gasteiger partial charge in [-0.25, -0.2) is 0 Å². The zero-order valence-electron chi connectivity index (χ0n) is 12.0. The first-order chi connectivity index (χ1) is 11.2. The maximum Gasteiger partial charge on any atom is 0.291 e. The molecule has 4 aromatic rings. The van der Waals surface area contributed by atoms with Gasteiger partial charge in [0.05, 0.1) is 0 Å². The van der Waals surface area contributed by atoms with Crippen LogP contribution in [0.3, 0.4) is 0 Å². The quantitative estimate of drug-likeness (QED) is 0.530. The van der Waals surface area contributed by atoms with Crippen molar-refractivity contribution in [2.75, 3.05) is 5.32 Å². The zero-order valence-corrected chi connectivity index (χ0v) is 12.8. The first kappa shape index (κ1) is 13.9. The molecular weight excluding hydrogens is 310 g/mol. The molecule has 3 aromatic carbocycles. The maximum atomic E-state index is 12.5. The van der Waals surface area contributed by atoms with Crippen molar-refractivity contribution in [1.29, 1.82) is 0 Å². The molecule has 0 unspecified atom stereocenters. The fourth-order valence-corrected chi connectivity index (χ4v) is 2.82. The van der Waals surface area contributed by atoms with Gasteiger partial charge in [0.1, 0.15) is 5.58 Å². The number of benzene rings is 3. The van der Waals surface area contributed by atoms with Gasteiger partial charge in [0.15, 0.2) is 5.76 Å². The minimum Gasteiger partial charge on any atom is -0.451 e. The Hall–Kier alpha value is -2.78. The second-order valence-corrected chi connectivity index (χ2v) is 5.71. The number of hydrogen-bond donors (Lipinski definition) is 1. The van der Waals surface area contributed by atoms with Gasteiger partial charge in [0, 0.05) is 21.5 Å². The Labute approximate surface area is 137 Å². The second kappa shape index (κ2) is 5.45. The molecular formula is C19H12ClNO2. The van der Waals surface area contributed by atoms with Gasteiger partial charge in [-0.05, 0) is 35.7 Å². The van der Waals surface area contributed by atoms with Gasteiger partial charge in [-0.2, -0.15) is 0 Å². The topological polar surface area (TPSA) is 42.2 Å². The summed E-state index contributed by atoms with van der Waals surface area (Å²) in [5.74, 6) is -0.0242. The van der Waals surface area contributed by atoms with E-state index in [1.807, 2.05) is 42.5 Å². The van der Waals surface area contributed by atoms with Crippen LogP contribution in [-0.2, 0) is 0 Å². The van der Waals surface area contributed by atoms with E-state index in [1.165, 1.54) is 0 Å². The van der Waals surface area contributed by atoms with E-state index >= 15 is 0 Å². The number of amides is 1. The van der Waals surface area contributed by atoms with Crippen molar-refractivity contribution >= 4 is 44.9 Å². The SMILES string of the molecule is O=C(Nc1cccc2ccccc12)c1cc2cc(Cl)ccc2o1. The Balaban J connectivity index is 1.70. The summed E-state index contributed by atoms with van der Waals surface area (Å²) >= 11 is 5.96. The maximum absolute atomic E-state index is 12.5. The molecule has 1 aromatic heterocycles. The predicted octanol–water partition coefficient (Wildman–Crippen LogP) is 5.49. The molecule has 0 radical (unpaired) electrons. The molecule has 0 saturated heterocycles. The van der Waals surface area contributed by atoms with Crippen LogP contribution >= 0.6 is 11.6 Å². The number of halogens is 1. The Morgan fingerprint density at radius 2 is 1.74 bits per heavy atom. The van der Waals surface area contributed by atoms with E-state index in [9.17, 15) is 4.79 Å². The number of furan rings is 1. The number of carbonyl (C=O) groups excluding carboxylic acids is 1. The zero-order chi connectivity index (χ0) is 15.8. The summed E-state index contributed by atoms with van der Waals surface area (Å²) in [6.07, 6.45) is 0. The van der Waals surface area contributed by atoms with Gasteiger partial charge in [0.2, 0.25) is 0 Å². The van der Waals surface area contributed by atoms with Crippen molar-refractivity contribution < 1.29 is 9.21 Å². The summed E-state index contributed by atoms with van der Waals surface area (Å²) in [6, 6.07) is 20.7. The van der Waals surface area contributed by atoms with Crippen molar-refractivity contribution in [3.8, 4) is 0 Å². The fraction of sp³-hybridized carbons (Fsp3) is 0. The van der Waals surface area contributed by atoms with E-state index in [4.69, 9.17) is 16.0 Å². The Morgan fingerprint density at radius 1 is 0.913 bits per heavy atom. The molecule has 0 aliphatic carbocycles. The number of nitrogens with one attached hydrogen (secondary N) is 1. The smallest absolute Gasteiger partial charge is 0.291 e. The Bertz CT molecular complexity index is 1030. The third kappa shape index (κ3) is 2.56. The van der Waals surface area contributed by atoms with Gasteiger partial charge in [-0.15, -0.1) is 0 Å². The summed E-state index contributed by atoms with van der Waals surface area (Å²) in [7, 11) is 0. The van der Waals surface area contributed by atoms with E-state index in [0.29, 0.717) is 10.6 Å². The molecule has 23 heavy (non-hydrogen) atoms. The number of hydrogen-bond acceptors (Lipinski definition) is 2. The van der Waals surface area contributed by atoms with Crippen LogP contribution in [0.15, 0.2) is 71.1 Å². The first-order valence-electron chi connectivity index (χ1n) is 7.19. The average molecular weight is 322 g/mol. The molecule has 0 spiro atoms. The van der Waals surface area contributed by atoms with Crippen LogP contribution in [0.2, 0.25) is 5.02 Å². The summed E-state index contributed by atoms with van der Waals surface area (Å²) < 4.78 is 5.60. The third-order valence-electron chi connectivity index (χ3n) is 3.74. The standard InChI is InChI=1S/C19H12ClNO2/c20-14-8-9-17-13(10-14)11-18(23-17)19(22)21-16-7-3-5-12-4-1-2-6-15(12)16/h1-11H,(H,21,22).